The van der Waals surface area contributed by atoms with E-state index in [1.165, 1.54) is 14.7 Å². The van der Waals surface area contributed by atoms with Crippen LogP contribution in [0.2, 0.25) is 0 Å². The second-order valence-corrected chi connectivity index (χ2v) is 16.3. The molecule has 1 saturated carbocycles. The second kappa shape index (κ2) is 16.7. The number of benzene rings is 2. The number of aliphatic imine (C=N–C) groups is 1. The van der Waals surface area contributed by atoms with E-state index in [1.807, 2.05) is 32.0 Å². The van der Waals surface area contributed by atoms with E-state index in [9.17, 15) is 23.6 Å². The molecular formula is C43H52FN9O4. The summed E-state index contributed by atoms with van der Waals surface area (Å²) in [5.74, 6) is 0.379. The molecule has 1 atom stereocenters. The van der Waals surface area contributed by atoms with E-state index in [-0.39, 0.29) is 34.9 Å². The van der Waals surface area contributed by atoms with Gasteiger partial charge in [-0.3, -0.25) is 33.7 Å². The minimum absolute atomic E-state index is 0.0382. The number of nitrogens with zero attached hydrogens (tertiary/aromatic N) is 7. The first-order chi connectivity index (χ1) is 27.6. The van der Waals surface area contributed by atoms with E-state index in [0.717, 1.165) is 87.8 Å². The third kappa shape index (κ3) is 8.57. The molecular weight excluding hydrogens is 726 g/mol. The van der Waals surface area contributed by atoms with Gasteiger partial charge in [0.1, 0.15) is 17.7 Å². The molecule has 2 aromatic heterocycles. The van der Waals surface area contributed by atoms with Gasteiger partial charge >= 0.3 is 5.69 Å². The third-order valence-corrected chi connectivity index (χ3v) is 11.8. The molecule has 57 heavy (non-hydrogen) atoms. The molecule has 0 bridgehead atoms. The fraction of sp³-hybridized carbons (Fsp3) is 0.488. The van der Waals surface area contributed by atoms with Crippen LogP contribution in [0.15, 0.2) is 75.4 Å². The highest BCUT2D eigenvalue weighted by molar-refractivity contribution is 5.92. The Kier molecular flexibility index (Phi) is 11.3. The molecule has 13 nitrogen and oxygen atoms in total. The van der Waals surface area contributed by atoms with Crippen LogP contribution in [0.5, 0.6) is 0 Å². The first kappa shape index (κ1) is 38.7. The van der Waals surface area contributed by atoms with E-state index in [1.54, 1.807) is 6.07 Å². The van der Waals surface area contributed by atoms with Gasteiger partial charge in [-0.05, 0) is 87.3 Å². The van der Waals surface area contributed by atoms with Crippen LogP contribution in [0.3, 0.4) is 0 Å². The highest BCUT2D eigenvalue weighted by Crippen LogP contribution is 2.29. The number of hydrogen-bond donors (Lipinski definition) is 2. The standard InChI is InChI=1S/C43H52FN9O4/c1-28(2)46-39(54)27-50-20-18-49(19-21-50)25-29-9-11-30(12-10-29)31-6-5-7-35(22-31)52-40-36(23-32(44)24-45-40)42(56)53(43(52)57)34-15-13-33(14-16-34)47-41(55)37-26-51-17-4-3-8-38(51)48-37/h5-7,9-12,22-24,28,33-34,37H,3-4,8,13-21,25-27H2,1-2H3,(H,46,54)(H,47,55). The molecule has 0 spiro atoms. The quantitative estimate of drug-likeness (QED) is 0.248. The highest BCUT2D eigenvalue weighted by atomic mass is 19.1. The molecule has 300 valence electrons. The summed E-state index contributed by atoms with van der Waals surface area (Å²) >= 11 is 0. The SMILES string of the molecule is CC(C)NC(=O)CN1CCN(Cc2ccc(-c3cccc(-n4c(=O)n(C5CCC(NC(=O)C6CN7CCCCC7=N6)CC5)c(=O)c5cc(F)cnc54)c3)cc2)CC1. The number of carbonyl (C=O) groups excluding carboxylic acids is 2. The van der Waals surface area contributed by atoms with Crippen LogP contribution in [-0.4, -0.2) is 110 Å². The Morgan fingerprint density at radius 2 is 1.65 bits per heavy atom. The van der Waals surface area contributed by atoms with Gasteiger partial charge in [-0.2, -0.15) is 0 Å². The molecule has 3 aliphatic heterocycles. The van der Waals surface area contributed by atoms with Crippen molar-refractivity contribution in [1.29, 1.82) is 0 Å². The minimum Gasteiger partial charge on any atom is -0.358 e. The molecule has 14 heteroatoms. The van der Waals surface area contributed by atoms with E-state index >= 15 is 0 Å². The van der Waals surface area contributed by atoms with Gasteiger partial charge in [0.25, 0.3) is 5.56 Å². The summed E-state index contributed by atoms with van der Waals surface area (Å²) in [6.45, 7) is 10.2. The Morgan fingerprint density at radius 1 is 0.895 bits per heavy atom. The summed E-state index contributed by atoms with van der Waals surface area (Å²) in [6, 6.07) is 16.3. The Morgan fingerprint density at radius 3 is 2.39 bits per heavy atom. The fourth-order valence-electron chi connectivity index (χ4n) is 8.86. The predicted octanol–water partition coefficient (Wildman–Crippen LogP) is 3.86. The van der Waals surface area contributed by atoms with Crippen molar-refractivity contribution in [1.82, 2.24) is 39.5 Å². The van der Waals surface area contributed by atoms with Crippen molar-refractivity contribution >= 4 is 28.7 Å². The van der Waals surface area contributed by atoms with Crippen LogP contribution in [0.4, 0.5) is 4.39 Å². The summed E-state index contributed by atoms with van der Waals surface area (Å²) in [6.07, 6.45) is 6.42. The number of aromatic nitrogens is 3. The lowest BCUT2D eigenvalue weighted by atomic mass is 9.90. The van der Waals surface area contributed by atoms with Crippen LogP contribution in [0.25, 0.3) is 27.8 Å². The van der Waals surface area contributed by atoms with E-state index in [0.29, 0.717) is 44.5 Å². The summed E-state index contributed by atoms with van der Waals surface area (Å²) in [5, 5.41) is 6.19. The van der Waals surface area contributed by atoms with Gasteiger partial charge in [0.05, 0.1) is 30.4 Å². The molecule has 5 heterocycles. The van der Waals surface area contributed by atoms with Crippen molar-refractivity contribution in [3.8, 4) is 16.8 Å². The predicted molar refractivity (Wildman–Crippen MR) is 218 cm³/mol. The number of fused-ring (bicyclic) bond motifs is 2. The Labute approximate surface area is 331 Å². The van der Waals surface area contributed by atoms with Gasteiger partial charge in [-0.15, -0.1) is 0 Å². The third-order valence-electron chi connectivity index (χ3n) is 11.8. The smallest absolute Gasteiger partial charge is 0.337 e. The van der Waals surface area contributed by atoms with E-state index in [4.69, 9.17) is 4.99 Å². The van der Waals surface area contributed by atoms with Gasteiger partial charge in [0.2, 0.25) is 11.8 Å². The molecule has 2 saturated heterocycles. The molecule has 4 aromatic rings. The Hall–Kier alpha value is -5.21. The van der Waals surface area contributed by atoms with Gasteiger partial charge in [0, 0.05) is 63.8 Å². The number of pyridine rings is 1. The van der Waals surface area contributed by atoms with E-state index < -0.39 is 29.1 Å². The van der Waals surface area contributed by atoms with Crippen molar-refractivity contribution in [2.75, 3.05) is 45.8 Å². The van der Waals surface area contributed by atoms with Gasteiger partial charge in [0.15, 0.2) is 5.65 Å². The van der Waals surface area contributed by atoms with Crippen LogP contribution < -0.4 is 21.9 Å². The first-order valence-electron chi connectivity index (χ1n) is 20.5. The zero-order valence-corrected chi connectivity index (χ0v) is 32.8. The molecule has 1 unspecified atom stereocenters. The molecule has 1 aliphatic carbocycles. The molecule has 3 fully saturated rings. The summed E-state index contributed by atoms with van der Waals surface area (Å²) in [7, 11) is 0. The van der Waals surface area contributed by atoms with Crippen LogP contribution in [-0.2, 0) is 16.1 Å². The summed E-state index contributed by atoms with van der Waals surface area (Å²) < 4.78 is 17.3. The molecule has 2 N–H and O–H groups in total. The van der Waals surface area contributed by atoms with Crippen molar-refractivity contribution in [2.45, 2.75) is 89.5 Å². The fourth-order valence-corrected chi connectivity index (χ4v) is 8.86. The lowest BCUT2D eigenvalue weighted by molar-refractivity contribution is -0.124. The summed E-state index contributed by atoms with van der Waals surface area (Å²) in [4.78, 5) is 69.5. The van der Waals surface area contributed by atoms with Gasteiger partial charge < -0.3 is 15.5 Å². The number of piperidine rings is 1. The Bertz CT molecular complexity index is 2270. The average molecular weight is 778 g/mol. The topological polar surface area (TPSA) is 137 Å². The number of rotatable bonds is 10. The number of amides is 2. The maximum Gasteiger partial charge on any atom is 0.337 e. The number of hydrogen-bond acceptors (Lipinski definition) is 9. The largest absolute Gasteiger partial charge is 0.358 e. The maximum absolute atomic E-state index is 14.6. The lowest BCUT2D eigenvalue weighted by Crippen LogP contribution is -2.49. The zero-order valence-electron chi connectivity index (χ0n) is 32.8. The number of nitrogens with one attached hydrogen (secondary N) is 2. The molecule has 8 rings (SSSR count). The van der Waals surface area contributed by atoms with Crippen molar-refractivity contribution in [3.05, 3.63) is 93.0 Å². The minimum atomic E-state index is -0.654. The maximum atomic E-state index is 14.6. The van der Waals surface area contributed by atoms with Gasteiger partial charge in [-0.1, -0.05) is 36.4 Å². The van der Waals surface area contributed by atoms with E-state index in [2.05, 4.69) is 54.6 Å². The molecule has 2 aromatic carbocycles. The summed E-state index contributed by atoms with van der Waals surface area (Å²) in [5.41, 5.74) is 2.57. The highest BCUT2D eigenvalue weighted by Gasteiger charge is 2.34. The average Bonchev–Trinajstić information content (AvgIpc) is 3.65. The van der Waals surface area contributed by atoms with Gasteiger partial charge in [-0.25, -0.2) is 18.7 Å². The number of halogens is 1. The van der Waals surface area contributed by atoms with Crippen molar-refractivity contribution in [2.24, 2.45) is 4.99 Å². The number of piperazine rings is 1. The van der Waals surface area contributed by atoms with Crippen molar-refractivity contribution < 1.29 is 14.0 Å². The second-order valence-electron chi connectivity index (χ2n) is 16.3. The molecule has 0 radical (unpaired) electrons. The van der Waals surface area contributed by atoms with Crippen LogP contribution >= 0.6 is 0 Å². The van der Waals surface area contributed by atoms with Crippen molar-refractivity contribution in [3.63, 3.8) is 0 Å². The zero-order chi connectivity index (χ0) is 39.6. The Balaban J connectivity index is 0.966. The molecule has 2 amide bonds. The lowest BCUT2D eigenvalue weighted by Gasteiger charge is -2.34. The monoisotopic (exact) mass is 777 g/mol. The van der Waals surface area contributed by atoms with Crippen LogP contribution in [0.1, 0.15) is 70.4 Å². The first-order valence-corrected chi connectivity index (χ1v) is 20.5. The number of carbonyl (C=O) groups is 2. The van der Waals surface area contributed by atoms with Crippen LogP contribution in [0, 0.1) is 5.82 Å². The normalized spacial score (nSPS) is 21.7. The number of amidine groups is 1. The molecule has 4 aliphatic rings.